The highest BCUT2D eigenvalue weighted by atomic mass is 16.2. The fraction of sp³-hybridized carbons (Fsp3) is 0.714. The van der Waals surface area contributed by atoms with Crippen molar-refractivity contribution in [1.29, 1.82) is 0 Å². The summed E-state index contributed by atoms with van der Waals surface area (Å²) in [6.45, 7) is 3.79. The zero-order valence-corrected chi connectivity index (χ0v) is 12.1. The second kappa shape index (κ2) is 6.19. The summed E-state index contributed by atoms with van der Waals surface area (Å²) in [7, 11) is 3.72. The third kappa shape index (κ3) is 3.56. The predicted molar refractivity (Wildman–Crippen MR) is 75.2 cm³/mol. The summed E-state index contributed by atoms with van der Waals surface area (Å²) in [6.07, 6.45) is 6.64. The maximum atomic E-state index is 12.3. The summed E-state index contributed by atoms with van der Waals surface area (Å²) in [5.41, 5.74) is 1.51. The van der Waals surface area contributed by atoms with E-state index < -0.39 is 0 Å². The fourth-order valence-corrected chi connectivity index (χ4v) is 2.64. The van der Waals surface area contributed by atoms with Gasteiger partial charge in [0.05, 0.1) is 11.3 Å². The number of carbonyl (C=O) groups excluding carboxylic acids is 1. The first-order valence-corrected chi connectivity index (χ1v) is 7.07. The van der Waals surface area contributed by atoms with E-state index in [1.807, 2.05) is 21.0 Å². The van der Waals surface area contributed by atoms with Gasteiger partial charge in [-0.05, 0) is 32.7 Å². The summed E-state index contributed by atoms with van der Waals surface area (Å²) in [6, 6.07) is 0.569. The molecule has 19 heavy (non-hydrogen) atoms. The summed E-state index contributed by atoms with van der Waals surface area (Å²) >= 11 is 0. The number of carbonyl (C=O) groups is 1. The van der Waals surface area contributed by atoms with Crippen LogP contribution in [0.5, 0.6) is 0 Å². The molecular formula is C14H24N4O. The van der Waals surface area contributed by atoms with Crippen molar-refractivity contribution in [3.63, 3.8) is 0 Å². The van der Waals surface area contributed by atoms with Gasteiger partial charge in [0.15, 0.2) is 0 Å². The van der Waals surface area contributed by atoms with Gasteiger partial charge < -0.3 is 10.2 Å². The molecule has 0 aromatic carbocycles. The first-order chi connectivity index (χ1) is 9.08. The van der Waals surface area contributed by atoms with Crippen molar-refractivity contribution in [1.82, 2.24) is 20.0 Å². The third-order valence-corrected chi connectivity index (χ3v) is 3.82. The smallest absolute Gasteiger partial charge is 0.257 e. The van der Waals surface area contributed by atoms with Crippen LogP contribution in [0, 0.1) is 6.92 Å². The van der Waals surface area contributed by atoms with Crippen LogP contribution in [0.25, 0.3) is 0 Å². The number of nitrogens with zero attached hydrogens (tertiary/aromatic N) is 3. The molecule has 0 spiro atoms. The van der Waals surface area contributed by atoms with Crippen molar-refractivity contribution >= 4 is 5.91 Å². The van der Waals surface area contributed by atoms with Crippen LogP contribution in [-0.4, -0.2) is 46.8 Å². The summed E-state index contributed by atoms with van der Waals surface area (Å²) in [4.78, 5) is 14.1. The molecule has 1 unspecified atom stereocenters. The molecule has 0 bridgehead atoms. The second-order valence-corrected chi connectivity index (χ2v) is 5.46. The standard InChI is InChI=1S/C14H24N4O/c1-11-13(10-18(3)16-11)14(19)17(2)9-7-12-6-4-5-8-15-12/h10,12,15H,4-9H2,1-3H3. The molecule has 1 aromatic heterocycles. The molecule has 2 rings (SSSR count). The van der Waals surface area contributed by atoms with Gasteiger partial charge in [-0.2, -0.15) is 5.10 Å². The molecule has 0 saturated carbocycles. The second-order valence-electron chi connectivity index (χ2n) is 5.46. The normalized spacial score (nSPS) is 19.4. The highest BCUT2D eigenvalue weighted by Gasteiger charge is 2.19. The van der Waals surface area contributed by atoms with Crippen LogP contribution in [-0.2, 0) is 7.05 Å². The highest BCUT2D eigenvalue weighted by Crippen LogP contribution is 2.12. The lowest BCUT2D eigenvalue weighted by Gasteiger charge is -2.26. The van der Waals surface area contributed by atoms with Crippen molar-refractivity contribution in [3.8, 4) is 0 Å². The fourth-order valence-electron chi connectivity index (χ4n) is 2.64. The van der Waals surface area contributed by atoms with Crippen LogP contribution < -0.4 is 5.32 Å². The molecule has 1 amide bonds. The largest absolute Gasteiger partial charge is 0.342 e. The molecule has 1 aliphatic rings. The molecular weight excluding hydrogens is 240 g/mol. The van der Waals surface area contributed by atoms with Crippen LogP contribution >= 0.6 is 0 Å². The molecule has 2 heterocycles. The summed E-state index contributed by atoms with van der Waals surface area (Å²) in [5.74, 6) is 0.0707. The molecule has 1 fully saturated rings. The molecule has 1 saturated heterocycles. The van der Waals surface area contributed by atoms with Crippen LogP contribution in [0.15, 0.2) is 6.20 Å². The van der Waals surface area contributed by atoms with E-state index in [1.54, 1.807) is 15.8 Å². The Balaban J connectivity index is 1.86. The van der Waals surface area contributed by atoms with E-state index in [-0.39, 0.29) is 5.91 Å². The van der Waals surface area contributed by atoms with Gasteiger partial charge in [0.2, 0.25) is 0 Å². The van der Waals surface area contributed by atoms with Crippen LogP contribution in [0.4, 0.5) is 0 Å². The molecule has 0 aliphatic carbocycles. The minimum Gasteiger partial charge on any atom is -0.342 e. The van der Waals surface area contributed by atoms with Gasteiger partial charge in [0.1, 0.15) is 0 Å². The monoisotopic (exact) mass is 264 g/mol. The maximum Gasteiger partial charge on any atom is 0.257 e. The lowest BCUT2D eigenvalue weighted by Crippen LogP contribution is -2.38. The van der Waals surface area contributed by atoms with Crippen molar-refractivity contribution < 1.29 is 4.79 Å². The average Bonchev–Trinajstić information content (AvgIpc) is 2.75. The van der Waals surface area contributed by atoms with Crippen LogP contribution in [0.2, 0.25) is 0 Å². The van der Waals surface area contributed by atoms with Gasteiger partial charge in [0, 0.05) is 32.9 Å². The van der Waals surface area contributed by atoms with Crippen LogP contribution in [0.1, 0.15) is 41.7 Å². The molecule has 1 atom stereocenters. The van der Waals surface area contributed by atoms with Crippen molar-refractivity contribution in [2.24, 2.45) is 7.05 Å². The number of hydrogen-bond donors (Lipinski definition) is 1. The average molecular weight is 264 g/mol. The number of aromatic nitrogens is 2. The van der Waals surface area contributed by atoms with Gasteiger partial charge >= 0.3 is 0 Å². The van der Waals surface area contributed by atoms with Gasteiger partial charge in [-0.25, -0.2) is 0 Å². The summed E-state index contributed by atoms with van der Waals surface area (Å²) in [5, 5.41) is 7.74. The zero-order chi connectivity index (χ0) is 13.8. The van der Waals surface area contributed by atoms with E-state index in [0.717, 1.165) is 25.2 Å². The van der Waals surface area contributed by atoms with E-state index >= 15 is 0 Å². The van der Waals surface area contributed by atoms with Gasteiger partial charge in [-0.15, -0.1) is 0 Å². The topological polar surface area (TPSA) is 50.2 Å². The highest BCUT2D eigenvalue weighted by molar-refractivity contribution is 5.94. The third-order valence-electron chi connectivity index (χ3n) is 3.82. The molecule has 0 radical (unpaired) electrons. The Morgan fingerprint density at radius 3 is 2.95 bits per heavy atom. The molecule has 5 heteroatoms. The van der Waals surface area contributed by atoms with Gasteiger partial charge in [-0.1, -0.05) is 6.42 Å². The van der Waals surface area contributed by atoms with Gasteiger partial charge in [-0.3, -0.25) is 9.48 Å². The quantitative estimate of drug-likeness (QED) is 0.892. The lowest BCUT2D eigenvalue weighted by atomic mass is 10.0. The van der Waals surface area contributed by atoms with E-state index in [1.165, 1.54) is 19.3 Å². The molecule has 1 N–H and O–H groups in total. The number of amides is 1. The Labute approximate surface area is 115 Å². The van der Waals surface area contributed by atoms with Crippen molar-refractivity contribution in [2.45, 2.75) is 38.6 Å². The first kappa shape index (κ1) is 14.1. The molecule has 5 nitrogen and oxygen atoms in total. The minimum atomic E-state index is 0.0707. The Morgan fingerprint density at radius 1 is 1.58 bits per heavy atom. The number of nitrogens with one attached hydrogen (secondary N) is 1. The van der Waals surface area contributed by atoms with Crippen LogP contribution in [0.3, 0.4) is 0 Å². The van der Waals surface area contributed by atoms with E-state index in [4.69, 9.17) is 0 Å². The van der Waals surface area contributed by atoms with Crippen molar-refractivity contribution in [3.05, 3.63) is 17.5 Å². The van der Waals surface area contributed by atoms with E-state index in [0.29, 0.717) is 11.6 Å². The number of piperidine rings is 1. The number of rotatable bonds is 4. The number of hydrogen-bond acceptors (Lipinski definition) is 3. The molecule has 1 aromatic rings. The maximum absolute atomic E-state index is 12.3. The minimum absolute atomic E-state index is 0.0707. The number of aryl methyl sites for hydroxylation is 2. The van der Waals surface area contributed by atoms with Gasteiger partial charge in [0.25, 0.3) is 5.91 Å². The lowest BCUT2D eigenvalue weighted by molar-refractivity contribution is 0.0787. The predicted octanol–water partition coefficient (Wildman–Crippen LogP) is 1.33. The van der Waals surface area contributed by atoms with E-state index in [9.17, 15) is 4.79 Å². The Hall–Kier alpha value is -1.36. The molecule has 1 aliphatic heterocycles. The Kier molecular flexibility index (Phi) is 4.58. The Bertz CT molecular complexity index is 435. The summed E-state index contributed by atoms with van der Waals surface area (Å²) < 4.78 is 1.69. The zero-order valence-electron chi connectivity index (χ0n) is 12.1. The Morgan fingerprint density at radius 2 is 2.37 bits per heavy atom. The van der Waals surface area contributed by atoms with Crippen molar-refractivity contribution in [2.75, 3.05) is 20.1 Å². The first-order valence-electron chi connectivity index (χ1n) is 7.07. The van der Waals surface area contributed by atoms with E-state index in [2.05, 4.69) is 10.4 Å². The molecule has 106 valence electrons. The SMILES string of the molecule is Cc1nn(C)cc1C(=O)N(C)CCC1CCCCN1.